The van der Waals surface area contributed by atoms with Gasteiger partial charge in [-0.05, 0) is 6.92 Å². The second-order valence-electron chi connectivity index (χ2n) is 4.45. The molecular weight excluding hydrogens is 208 g/mol. The number of nitrogens with one attached hydrogen (secondary N) is 1. The molecule has 1 aromatic rings. The first kappa shape index (κ1) is 12.4. The highest BCUT2D eigenvalue weighted by Crippen LogP contribution is 2.18. The van der Waals surface area contributed by atoms with Gasteiger partial charge in [0.1, 0.15) is 0 Å². The summed E-state index contributed by atoms with van der Waals surface area (Å²) in [7, 11) is 0. The Morgan fingerprint density at radius 3 is 2.62 bits per heavy atom. The van der Waals surface area contributed by atoms with Crippen molar-refractivity contribution in [3.63, 3.8) is 0 Å². The van der Waals surface area contributed by atoms with Gasteiger partial charge in [0.05, 0.1) is 6.61 Å². The molecule has 1 heterocycles. The molecule has 0 atom stereocenters. The Bertz CT molecular complexity index is 443. The van der Waals surface area contributed by atoms with Crippen LogP contribution in [0.4, 0.5) is 0 Å². The molecule has 0 saturated heterocycles. The van der Waals surface area contributed by atoms with Crippen molar-refractivity contribution in [3.05, 3.63) is 27.9 Å². The number of nitrogens with zero attached hydrogens (tertiary/aromatic N) is 1. The van der Waals surface area contributed by atoms with E-state index in [1.54, 1.807) is 6.92 Å². The predicted octanol–water partition coefficient (Wildman–Crippen LogP) is 1.24. The maximum Gasteiger partial charge on any atom is 0.374 e. The zero-order chi connectivity index (χ0) is 12.3. The van der Waals surface area contributed by atoms with Crippen molar-refractivity contribution >= 4 is 5.97 Å². The summed E-state index contributed by atoms with van der Waals surface area (Å²) >= 11 is 0. The van der Waals surface area contributed by atoms with Crippen LogP contribution in [0.2, 0.25) is 0 Å². The average Bonchev–Trinajstić information content (AvgIpc) is 2.16. The molecule has 0 aliphatic rings. The van der Waals surface area contributed by atoms with Crippen molar-refractivity contribution in [2.75, 3.05) is 6.61 Å². The van der Waals surface area contributed by atoms with Gasteiger partial charge in [0.15, 0.2) is 0 Å². The van der Waals surface area contributed by atoms with E-state index in [-0.39, 0.29) is 17.8 Å². The molecule has 0 aliphatic heterocycles. The van der Waals surface area contributed by atoms with Crippen LogP contribution in [0.15, 0.2) is 10.9 Å². The van der Waals surface area contributed by atoms with Crippen molar-refractivity contribution in [2.45, 2.75) is 33.1 Å². The van der Waals surface area contributed by atoms with Gasteiger partial charge in [-0.1, -0.05) is 20.8 Å². The van der Waals surface area contributed by atoms with Crippen LogP contribution in [-0.2, 0) is 10.2 Å². The van der Waals surface area contributed by atoms with Crippen LogP contribution >= 0.6 is 0 Å². The summed E-state index contributed by atoms with van der Waals surface area (Å²) in [5, 5.41) is 0. The number of carbonyl (C=O) groups excluding carboxylic acids is 1. The van der Waals surface area contributed by atoms with Crippen LogP contribution in [0.3, 0.4) is 0 Å². The molecule has 5 nitrogen and oxygen atoms in total. The fourth-order valence-corrected chi connectivity index (χ4v) is 1.16. The summed E-state index contributed by atoms with van der Waals surface area (Å²) < 4.78 is 4.78. The number of hydrogen-bond donors (Lipinski definition) is 1. The van der Waals surface area contributed by atoms with E-state index in [4.69, 9.17) is 4.74 Å². The number of H-pyrrole nitrogens is 1. The van der Waals surface area contributed by atoms with Crippen LogP contribution in [-0.4, -0.2) is 22.5 Å². The largest absolute Gasteiger partial charge is 0.460 e. The Kier molecular flexibility index (Phi) is 3.47. The summed E-state index contributed by atoms with van der Waals surface area (Å²) in [5.41, 5.74) is -0.0223. The molecule has 0 spiro atoms. The lowest BCUT2D eigenvalue weighted by atomic mass is 9.92. The molecule has 0 aromatic carbocycles. The monoisotopic (exact) mass is 224 g/mol. The summed E-state index contributed by atoms with van der Waals surface area (Å²) in [6.45, 7) is 7.76. The van der Waals surface area contributed by atoms with Gasteiger partial charge < -0.3 is 9.72 Å². The molecule has 16 heavy (non-hydrogen) atoms. The first-order valence-corrected chi connectivity index (χ1v) is 5.13. The van der Waals surface area contributed by atoms with Gasteiger partial charge in [-0.25, -0.2) is 4.79 Å². The summed E-state index contributed by atoms with van der Waals surface area (Å²) in [5.74, 6) is -0.648. The molecule has 0 saturated carbocycles. The third-order valence-electron chi connectivity index (χ3n) is 2.02. The molecule has 5 heteroatoms. The number of esters is 1. The Morgan fingerprint density at radius 1 is 1.50 bits per heavy atom. The van der Waals surface area contributed by atoms with E-state index < -0.39 is 11.5 Å². The highest BCUT2D eigenvalue weighted by Gasteiger charge is 2.18. The lowest BCUT2D eigenvalue weighted by molar-refractivity contribution is 0.0511. The third-order valence-corrected chi connectivity index (χ3v) is 2.02. The van der Waals surface area contributed by atoms with Gasteiger partial charge in [0.25, 0.3) is 5.56 Å². The number of ether oxygens (including phenoxy) is 1. The van der Waals surface area contributed by atoms with E-state index in [0.717, 1.165) is 0 Å². The molecule has 0 unspecified atom stereocenters. The minimum atomic E-state index is -0.606. The van der Waals surface area contributed by atoms with Crippen molar-refractivity contribution < 1.29 is 9.53 Å². The Morgan fingerprint density at radius 2 is 2.12 bits per heavy atom. The second-order valence-corrected chi connectivity index (χ2v) is 4.45. The van der Waals surface area contributed by atoms with Crippen LogP contribution in [0.1, 0.15) is 44.0 Å². The highest BCUT2D eigenvalue weighted by atomic mass is 16.5. The Balaban J connectivity index is 3.18. The van der Waals surface area contributed by atoms with Gasteiger partial charge in [0.2, 0.25) is 5.82 Å². The van der Waals surface area contributed by atoms with Gasteiger partial charge in [-0.15, -0.1) is 0 Å². The number of rotatable bonds is 2. The Labute approximate surface area is 93.9 Å². The van der Waals surface area contributed by atoms with E-state index in [9.17, 15) is 9.59 Å². The molecular formula is C11H16N2O3. The smallest absolute Gasteiger partial charge is 0.374 e. The summed E-state index contributed by atoms with van der Waals surface area (Å²) in [6.07, 6.45) is 0. The van der Waals surface area contributed by atoms with Crippen LogP contribution in [0.25, 0.3) is 0 Å². The predicted molar refractivity (Wildman–Crippen MR) is 59.5 cm³/mol. The molecule has 1 aromatic heterocycles. The molecule has 0 aliphatic carbocycles. The van der Waals surface area contributed by atoms with E-state index in [0.29, 0.717) is 5.69 Å². The minimum Gasteiger partial charge on any atom is -0.460 e. The standard InChI is InChI=1S/C11H16N2O3/c1-5-16-10(15)9-12-7(11(2,3)4)6-8(14)13-9/h6H,5H2,1-4H3,(H,12,13,14). The van der Waals surface area contributed by atoms with Crippen molar-refractivity contribution in [1.82, 2.24) is 9.97 Å². The SMILES string of the molecule is CCOC(=O)c1nc(=O)cc(C(C)(C)C)[nH]1. The number of aromatic amines is 1. The second kappa shape index (κ2) is 4.47. The molecule has 0 amide bonds. The van der Waals surface area contributed by atoms with Crippen LogP contribution < -0.4 is 5.56 Å². The number of hydrogen-bond acceptors (Lipinski definition) is 4. The minimum absolute atomic E-state index is 0.0423. The third kappa shape index (κ3) is 2.92. The fraction of sp³-hybridized carbons (Fsp3) is 0.545. The molecule has 1 N–H and O–H groups in total. The van der Waals surface area contributed by atoms with Crippen LogP contribution in [0.5, 0.6) is 0 Å². The molecule has 0 radical (unpaired) electrons. The van der Waals surface area contributed by atoms with Gasteiger partial charge in [0, 0.05) is 17.2 Å². The van der Waals surface area contributed by atoms with E-state index in [1.165, 1.54) is 6.07 Å². The topological polar surface area (TPSA) is 72.0 Å². The molecule has 0 fully saturated rings. The summed E-state index contributed by atoms with van der Waals surface area (Å²) in [4.78, 5) is 29.2. The van der Waals surface area contributed by atoms with Crippen molar-refractivity contribution in [3.8, 4) is 0 Å². The maximum absolute atomic E-state index is 11.4. The first-order valence-electron chi connectivity index (χ1n) is 5.13. The Hall–Kier alpha value is -1.65. The highest BCUT2D eigenvalue weighted by molar-refractivity contribution is 5.85. The number of carbonyl (C=O) groups is 1. The summed E-state index contributed by atoms with van der Waals surface area (Å²) in [6, 6.07) is 1.39. The van der Waals surface area contributed by atoms with Gasteiger partial charge in [-0.3, -0.25) is 4.79 Å². The van der Waals surface area contributed by atoms with E-state index in [1.807, 2.05) is 20.8 Å². The first-order chi connectivity index (χ1) is 7.34. The van der Waals surface area contributed by atoms with E-state index in [2.05, 4.69) is 9.97 Å². The lowest BCUT2D eigenvalue weighted by Crippen LogP contribution is -2.24. The normalized spacial score (nSPS) is 11.2. The van der Waals surface area contributed by atoms with Crippen LogP contribution in [0, 0.1) is 0 Å². The molecule has 1 rings (SSSR count). The fourth-order valence-electron chi connectivity index (χ4n) is 1.16. The lowest BCUT2D eigenvalue weighted by Gasteiger charge is -2.18. The van der Waals surface area contributed by atoms with Crippen molar-refractivity contribution in [2.24, 2.45) is 0 Å². The number of aromatic nitrogens is 2. The van der Waals surface area contributed by atoms with Gasteiger partial charge in [-0.2, -0.15) is 4.98 Å². The molecule has 88 valence electrons. The van der Waals surface area contributed by atoms with Crippen molar-refractivity contribution in [1.29, 1.82) is 0 Å². The quantitative estimate of drug-likeness (QED) is 0.767. The molecule has 0 bridgehead atoms. The van der Waals surface area contributed by atoms with Gasteiger partial charge >= 0.3 is 5.97 Å². The van der Waals surface area contributed by atoms with E-state index >= 15 is 0 Å². The average molecular weight is 224 g/mol. The zero-order valence-corrected chi connectivity index (χ0v) is 9.96. The maximum atomic E-state index is 11.4. The zero-order valence-electron chi connectivity index (χ0n) is 9.96.